The first kappa shape index (κ1) is 25.5. The summed E-state index contributed by atoms with van der Waals surface area (Å²) >= 11 is 0. The van der Waals surface area contributed by atoms with E-state index in [0.29, 0.717) is 17.7 Å². The zero-order valence-electron chi connectivity index (χ0n) is 18.8. The molecule has 2 heteroatoms. The number of unbranched alkanes of at least 4 members (excludes halogenated alkanes) is 6. The van der Waals surface area contributed by atoms with Gasteiger partial charge in [-0.2, -0.15) is 0 Å². The predicted molar refractivity (Wildman–Crippen MR) is 117 cm³/mol. The van der Waals surface area contributed by atoms with Crippen LogP contribution < -0.4 is 0 Å². The van der Waals surface area contributed by atoms with E-state index in [1.54, 1.807) is 0 Å². The summed E-state index contributed by atoms with van der Waals surface area (Å²) in [6, 6.07) is 0. The number of nitrogens with zero attached hydrogens (tertiary/aromatic N) is 1. The Labute approximate surface area is 165 Å². The molecule has 0 rings (SSSR count). The molecule has 0 saturated heterocycles. The number of amides is 1. The lowest BCUT2D eigenvalue weighted by Gasteiger charge is -2.31. The lowest BCUT2D eigenvalue weighted by molar-refractivity contribution is -0.132. The Balaban J connectivity index is 4.69. The minimum Gasteiger partial charge on any atom is -0.342 e. The van der Waals surface area contributed by atoms with E-state index in [4.69, 9.17) is 0 Å². The number of rotatable bonds is 18. The molecule has 0 aromatic heterocycles. The van der Waals surface area contributed by atoms with E-state index < -0.39 is 0 Å². The molecule has 156 valence electrons. The maximum atomic E-state index is 13.0. The van der Waals surface area contributed by atoms with Crippen LogP contribution in [0.3, 0.4) is 0 Å². The molecule has 0 N–H and O–H groups in total. The van der Waals surface area contributed by atoms with Crippen LogP contribution in [0.2, 0.25) is 0 Å². The quantitative estimate of drug-likeness (QED) is 0.228. The number of carbonyl (C=O) groups is 1. The summed E-state index contributed by atoms with van der Waals surface area (Å²) in [7, 11) is 0. The van der Waals surface area contributed by atoms with Gasteiger partial charge in [0.2, 0.25) is 5.91 Å². The molecular weight excluding hydrogens is 318 g/mol. The van der Waals surface area contributed by atoms with Crippen molar-refractivity contribution in [3.63, 3.8) is 0 Å². The summed E-state index contributed by atoms with van der Waals surface area (Å²) in [5.41, 5.74) is 0. The zero-order chi connectivity index (χ0) is 19.6. The molecule has 0 heterocycles. The molecule has 0 fully saturated rings. The number of hydrogen-bond donors (Lipinski definition) is 0. The molecule has 0 aliphatic rings. The molecular formula is C24H49NO. The molecule has 0 radical (unpaired) electrons. The van der Waals surface area contributed by atoms with Crippen molar-refractivity contribution in [1.82, 2.24) is 4.90 Å². The van der Waals surface area contributed by atoms with Crippen LogP contribution in [-0.2, 0) is 4.79 Å². The Morgan fingerprint density at radius 3 is 1.54 bits per heavy atom. The normalized spacial score (nSPS) is 13.6. The van der Waals surface area contributed by atoms with Crippen molar-refractivity contribution in [2.45, 2.75) is 125 Å². The van der Waals surface area contributed by atoms with Crippen molar-refractivity contribution >= 4 is 5.91 Å². The second kappa shape index (κ2) is 17.9. The van der Waals surface area contributed by atoms with Crippen molar-refractivity contribution in [2.75, 3.05) is 13.1 Å². The first-order chi connectivity index (χ1) is 12.6. The van der Waals surface area contributed by atoms with Crippen LogP contribution in [0.4, 0.5) is 0 Å². The smallest absolute Gasteiger partial charge is 0.222 e. The molecule has 0 bridgehead atoms. The van der Waals surface area contributed by atoms with Crippen LogP contribution in [0.15, 0.2) is 0 Å². The highest BCUT2D eigenvalue weighted by atomic mass is 16.2. The maximum absolute atomic E-state index is 13.0. The van der Waals surface area contributed by atoms with Gasteiger partial charge in [0.15, 0.2) is 0 Å². The van der Waals surface area contributed by atoms with Gasteiger partial charge < -0.3 is 4.90 Å². The highest BCUT2D eigenvalue weighted by Gasteiger charge is 2.20. The topological polar surface area (TPSA) is 20.3 Å². The third-order valence-electron chi connectivity index (χ3n) is 5.89. The van der Waals surface area contributed by atoms with E-state index >= 15 is 0 Å². The van der Waals surface area contributed by atoms with E-state index in [1.165, 1.54) is 77.0 Å². The van der Waals surface area contributed by atoms with Gasteiger partial charge >= 0.3 is 0 Å². The Morgan fingerprint density at radius 1 is 0.654 bits per heavy atom. The molecule has 2 nitrogen and oxygen atoms in total. The second-order valence-electron chi connectivity index (χ2n) is 8.30. The van der Waals surface area contributed by atoms with Gasteiger partial charge in [-0.15, -0.1) is 0 Å². The minimum atomic E-state index is 0.423. The van der Waals surface area contributed by atoms with Crippen LogP contribution >= 0.6 is 0 Å². The summed E-state index contributed by atoms with van der Waals surface area (Å²) < 4.78 is 0. The molecule has 0 aliphatic heterocycles. The van der Waals surface area contributed by atoms with Gasteiger partial charge in [0.05, 0.1) is 0 Å². The van der Waals surface area contributed by atoms with Gasteiger partial charge in [-0.05, 0) is 31.1 Å². The van der Waals surface area contributed by atoms with E-state index in [1.807, 2.05) is 0 Å². The van der Waals surface area contributed by atoms with E-state index in [2.05, 4.69) is 39.5 Å². The average Bonchev–Trinajstić information content (AvgIpc) is 2.66. The zero-order valence-corrected chi connectivity index (χ0v) is 18.8. The van der Waals surface area contributed by atoms with Gasteiger partial charge in [-0.25, -0.2) is 0 Å². The lowest BCUT2D eigenvalue weighted by Crippen LogP contribution is -2.38. The third-order valence-corrected chi connectivity index (χ3v) is 5.89. The van der Waals surface area contributed by atoms with Crippen LogP contribution in [-0.4, -0.2) is 23.9 Å². The molecule has 0 spiro atoms. The monoisotopic (exact) mass is 367 g/mol. The fraction of sp³-hybridized carbons (Fsp3) is 0.958. The Kier molecular flexibility index (Phi) is 17.5. The van der Waals surface area contributed by atoms with Crippen molar-refractivity contribution in [3.8, 4) is 0 Å². The largest absolute Gasteiger partial charge is 0.342 e. The number of hydrogen-bond acceptors (Lipinski definition) is 1. The molecule has 0 aromatic carbocycles. The van der Waals surface area contributed by atoms with Crippen molar-refractivity contribution in [2.24, 2.45) is 11.8 Å². The Bertz CT molecular complexity index is 297. The summed E-state index contributed by atoms with van der Waals surface area (Å²) in [5.74, 6) is 1.79. The fourth-order valence-electron chi connectivity index (χ4n) is 3.77. The van der Waals surface area contributed by atoms with Crippen LogP contribution in [0.1, 0.15) is 125 Å². The molecule has 2 atom stereocenters. The van der Waals surface area contributed by atoms with Crippen LogP contribution in [0.5, 0.6) is 0 Å². The van der Waals surface area contributed by atoms with Gasteiger partial charge in [0, 0.05) is 19.5 Å². The van der Waals surface area contributed by atoms with Gasteiger partial charge in [-0.3, -0.25) is 4.79 Å². The molecule has 1 amide bonds. The Hall–Kier alpha value is -0.530. The highest BCUT2D eigenvalue weighted by Crippen LogP contribution is 2.20. The van der Waals surface area contributed by atoms with E-state index in [9.17, 15) is 4.79 Å². The first-order valence-electron chi connectivity index (χ1n) is 11.9. The SMILES string of the molecule is CCCCCCCC(=O)N(CC(CC)CCCC)CC(CC)CCCC. The summed E-state index contributed by atoms with van der Waals surface area (Å²) in [5, 5.41) is 0. The number of carbonyl (C=O) groups excluding carboxylic acids is 1. The van der Waals surface area contributed by atoms with E-state index in [-0.39, 0.29) is 0 Å². The van der Waals surface area contributed by atoms with Gasteiger partial charge in [0.25, 0.3) is 0 Å². The fourth-order valence-corrected chi connectivity index (χ4v) is 3.77. The molecule has 0 aromatic rings. The Morgan fingerprint density at radius 2 is 1.12 bits per heavy atom. The van der Waals surface area contributed by atoms with Crippen LogP contribution in [0, 0.1) is 11.8 Å². The average molecular weight is 368 g/mol. The lowest BCUT2D eigenvalue weighted by atomic mass is 9.95. The summed E-state index contributed by atoms with van der Waals surface area (Å²) in [6.45, 7) is 13.4. The van der Waals surface area contributed by atoms with Crippen LogP contribution in [0.25, 0.3) is 0 Å². The minimum absolute atomic E-state index is 0.423. The van der Waals surface area contributed by atoms with Crippen molar-refractivity contribution in [3.05, 3.63) is 0 Å². The highest BCUT2D eigenvalue weighted by molar-refractivity contribution is 5.76. The maximum Gasteiger partial charge on any atom is 0.222 e. The molecule has 2 unspecified atom stereocenters. The molecule has 0 saturated carbocycles. The first-order valence-corrected chi connectivity index (χ1v) is 11.9. The van der Waals surface area contributed by atoms with Gasteiger partial charge in [0.1, 0.15) is 0 Å². The molecule has 0 aliphatic carbocycles. The second-order valence-corrected chi connectivity index (χ2v) is 8.30. The van der Waals surface area contributed by atoms with E-state index in [0.717, 1.165) is 25.9 Å². The standard InChI is InChI=1S/C24H49NO/c1-6-11-14-15-16-19-24(26)25(20-22(9-4)17-12-7-2)21-23(10-5)18-13-8-3/h22-23H,6-21H2,1-5H3. The van der Waals surface area contributed by atoms with Crippen molar-refractivity contribution < 1.29 is 4.79 Å². The predicted octanol–water partition coefficient (Wildman–Crippen LogP) is 7.61. The third kappa shape index (κ3) is 12.8. The molecule has 26 heavy (non-hydrogen) atoms. The summed E-state index contributed by atoms with van der Waals surface area (Å²) in [4.78, 5) is 15.2. The summed E-state index contributed by atoms with van der Waals surface area (Å²) in [6.07, 6.45) is 17.0. The van der Waals surface area contributed by atoms with Gasteiger partial charge in [-0.1, -0.05) is 98.8 Å². The van der Waals surface area contributed by atoms with Crippen molar-refractivity contribution in [1.29, 1.82) is 0 Å².